The molecule has 0 bridgehead atoms. The van der Waals surface area contributed by atoms with E-state index in [0.717, 1.165) is 37.0 Å². The molecule has 2 rings (SSSR count). The highest BCUT2D eigenvalue weighted by atomic mass is 16.5. The van der Waals surface area contributed by atoms with Crippen LogP contribution in [0.5, 0.6) is 5.75 Å². The van der Waals surface area contributed by atoms with Crippen molar-refractivity contribution < 1.29 is 9.84 Å². The second kappa shape index (κ2) is 6.37. The lowest BCUT2D eigenvalue weighted by Gasteiger charge is -2.45. The Bertz CT molecular complexity index is 443. The quantitative estimate of drug-likeness (QED) is 0.870. The van der Waals surface area contributed by atoms with Crippen LogP contribution >= 0.6 is 0 Å². The van der Waals surface area contributed by atoms with Crippen molar-refractivity contribution in [1.29, 1.82) is 0 Å². The van der Waals surface area contributed by atoms with Crippen molar-refractivity contribution >= 4 is 0 Å². The maximum absolute atomic E-state index is 10.9. The summed E-state index contributed by atoms with van der Waals surface area (Å²) in [6, 6.07) is 7.79. The van der Waals surface area contributed by atoms with Crippen molar-refractivity contribution in [3.8, 4) is 5.75 Å². The molecular formula is C18H29NO2. The highest BCUT2D eigenvalue weighted by Crippen LogP contribution is 2.50. The minimum absolute atomic E-state index is 0.178. The van der Waals surface area contributed by atoms with Crippen LogP contribution in [0.3, 0.4) is 0 Å². The van der Waals surface area contributed by atoms with Gasteiger partial charge in [0.05, 0.1) is 12.7 Å². The minimum atomic E-state index is -0.491. The Hall–Kier alpha value is -1.06. The molecule has 118 valence electrons. The molecule has 0 aliphatic heterocycles. The number of hydrogen-bond acceptors (Lipinski definition) is 3. The molecule has 1 saturated carbocycles. The van der Waals surface area contributed by atoms with E-state index in [1.807, 2.05) is 31.2 Å². The van der Waals surface area contributed by atoms with Gasteiger partial charge in [0.25, 0.3) is 0 Å². The Balaban J connectivity index is 2.14. The van der Waals surface area contributed by atoms with Gasteiger partial charge < -0.3 is 15.6 Å². The lowest BCUT2D eigenvalue weighted by Crippen LogP contribution is -2.41. The van der Waals surface area contributed by atoms with Crippen molar-refractivity contribution in [2.24, 2.45) is 16.6 Å². The van der Waals surface area contributed by atoms with Crippen LogP contribution in [-0.2, 0) is 0 Å². The van der Waals surface area contributed by atoms with Gasteiger partial charge in [-0.1, -0.05) is 26.0 Å². The van der Waals surface area contributed by atoms with Gasteiger partial charge in [0.2, 0.25) is 0 Å². The average Bonchev–Trinajstić information content (AvgIpc) is 2.48. The monoisotopic (exact) mass is 291 g/mol. The smallest absolute Gasteiger partial charge is 0.119 e. The van der Waals surface area contributed by atoms with Crippen molar-refractivity contribution in [2.75, 3.05) is 13.2 Å². The summed E-state index contributed by atoms with van der Waals surface area (Å²) < 4.78 is 5.46. The number of nitrogens with two attached hydrogens (primary N) is 1. The average molecular weight is 291 g/mol. The van der Waals surface area contributed by atoms with Crippen molar-refractivity contribution in [2.45, 2.75) is 52.6 Å². The number of rotatable bonds is 5. The standard InChI is InChI=1S/C18H29NO2/c1-4-21-15-7-5-14(6-8-15)16(20)18(13-19)11-9-17(2,3)10-12-18/h5-8,16,20H,4,9-13,19H2,1-3H3. The molecule has 3 N–H and O–H groups in total. The molecule has 1 aliphatic carbocycles. The van der Waals surface area contributed by atoms with Gasteiger partial charge in [0.15, 0.2) is 0 Å². The Morgan fingerprint density at radius 1 is 1.14 bits per heavy atom. The van der Waals surface area contributed by atoms with Crippen molar-refractivity contribution in [1.82, 2.24) is 0 Å². The summed E-state index contributed by atoms with van der Waals surface area (Å²) in [7, 11) is 0. The van der Waals surface area contributed by atoms with E-state index in [1.165, 1.54) is 0 Å². The topological polar surface area (TPSA) is 55.5 Å². The molecule has 1 aromatic carbocycles. The summed E-state index contributed by atoms with van der Waals surface area (Å²) in [4.78, 5) is 0. The molecule has 1 aromatic rings. The number of benzene rings is 1. The van der Waals surface area contributed by atoms with E-state index in [4.69, 9.17) is 10.5 Å². The summed E-state index contributed by atoms with van der Waals surface area (Å²) >= 11 is 0. The maximum Gasteiger partial charge on any atom is 0.119 e. The summed E-state index contributed by atoms with van der Waals surface area (Å²) in [5.41, 5.74) is 7.20. The number of ether oxygens (including phenoxy) is 1. The zero-order chi connectivity index (χ0) is 15.5. The molecule has 0 amide bonds. The van der Waals surface area contributed by atoms with Crippen LogP contribution in [0.25, 0.3) is 0 Å². The molecule has 1 unspecified atom stereocenters. The lowest BCUT2D eigenvalue weighted by molar-refractivity contribution is -0.0235. The summed E-state index contributed by atoms with van der Waals surface area (Å²) in [6.07, 6.45) is 3.74. The van der Waals surface area contributed by atoms with Crippen LogP contribution in [0.2, 0.25) is 0 Å². The zero-order valence-corrected chi connectivity index (χ0v) is 13.6. The summed E-state index contributed by atoms with van der Waals surface area (Å²) in [6.45, 7) is 7.77. The van der Waals surface area contributed by atoms with E-state index >= 15 is 0 Å². The molecule has 0 heterocycles. The Morgan fingerprint density at radius 3 is 2.19 bits per heavy atom. The molecule has 0 aromatic heterocycles. The van der Waals surface area contributed by atoms with Gasteiger partial charge in [-0.2, -0.15) is 0 Å². The number of aliphatic hydroxyl groups excluding tert-OH is 1. The first-order valence-corrected chi connectivity index (χ1v) is 8.03. The van der Waals surface area contributed by atoms with E-state index < -0.39 is 6.10 Å². The normalized spacial score (nSPS) is 21.8. The van der Waals surface area contributed by atoms with Gasteiger partial charge in [-0.05, 0) is 55.7 Å². The highest BCUT2D eigenvalue weighted by Gasteiger charge is 2.42. The third kappa shape index (κ3) is 3.58. The number of hydrogen-bond donors (Lipinski definition) is 2. The Kier molecular flexibility index (Phi) is 4.95. The predicted molar refractivity (Wildman–Crippen MR) is 86.3 cm³/mol. The second-order valence-corrected chi connectivity index (χ2v) is 7.14. The largest absolute Gasteiger partial charge is 0.494 e. The van der Waals surface area contributed by atoms with Crippen LogP contribution in [0.1, 0.15) is 58.1 Å². The van der Waals surface area contributed by atoms with Crippen molar-refractivity contribution in [3.05, 3.63) is 29.8 Å². The van der Waals surface area contributed by atoms with E-state index in [1.54, 1.807) is 0 Å². The van der Waals surface area contributed by atoms with Gasteiger partial charge in [-0.3, -0.25) is 0 Å². The molecule has 1 fully saturated rings. The molecule has 1 atom stereocenters. The third-order valence-electron chi connectivity index (χ3n) is 5.09. The van der Waals surface area contributed by atoms with Crippen molar-refractivity contribution in [3.63, 3.8) is 0 Å². The van der Waals surface area contributed by atoms with E-state index in [9.17, 15) is 5.11 Å². The van der Waals surface area contributed by atoms with E-state index in [2.05, 4.69) is 13.8 Å². The SMILES string of the molecule is CCOc1ccc(C(O)C2(CN)CCC(C)(C)CC2)cc1. The predicted octanol–water partition coefficient (Wildman–Crippen LogP) is 3.66. The Labute approximate surface area is 128 Å². The molecule has 0 spiro atoms. The molecule has 3 nitrogen and oxygen atoms in total. The molecular weight excluding hydrogens is 262 g/mol. The fourth-order valence-corrected chi connectivity index (χ4v) is 3.28. The molecule has 0 saturated heterocycles. The minimum Gasteiger partial charge on any atom is -0.494 e. The molecule has 21 heavy (non-hydrogen) atoms. The highest BCUT2D eigenvalue weighted by molar-refractivity contribution is 5.29. The van der Waals surface area contributed by atoms with Crippen LogP contribution < -0.4 is 10.5 Å². The summed E-state index contributed by atoms with van der Waals surface area (Å²) in [5, 5.41) is 10.9. The van der Waals surface area contributed by atoms with Gasteiger partial charge in [0, 0.05) is 12.0 Å². The Morgan fingerprint density at radius 2 is 1.71 bits per heavy atom. The van der Waals surface area contributed by atoms with Crippen LogP contribution in [-0.4, -0.2) is 18.3 Å². The lowest BCUT2D eigenvalue weighted by atomic mass is 9.62. The van der Waals surface area contributed by atoms with E-state index in [-0.39, 0.29) is 5.41 Å². The maximum atomic E-state index is 10.9. The molecule has 3 heteroatoms. The fraction of sp³-hybridized carbons (Fsp3) is 0.667. The van der Waals surface area contributed by atoms with E-state index in [0.29, 0.717) is 18.6 Å². The molecule has 0 radical (unpaired) electrons. The fourth-order valence-electron chi connectivity index (χ4n) is 3.28. The van der Waals surface area contributed by atoms with Crippen LogP contribution in [0.4, 0.5) is 0 Å². The van der Waals surface area contributed by atoms with Gasteiger partial charge in [-0.15, -0.1) is 0 Å². The molecule has 1 aliphatic rings. The zero-order valence-electron chi connectivity index (χ0n) is 13.6. The van der Waals surface area contributed by atoms with Gasteiger partial charge >= 0.3 is 0 Å². The number of aliphatic hydroxyl groups is 1. The van der Waals surface area contributed by atoms with Crippen LogP contribution in [0.15, 0.2) is 24.3 Å². The first-order valence-electron chi connectivity index (χ1n) is 8.03. The van der Waals surface area contributed by atoms with Gasteiger partial charge in [0.1, 0.15) is 5.75 Å². The van der Waals surface area contributed by atoms with Crippen LogP contribution in [0, 0.1) is 10.8 Å². The second-order valence-electron chi connectivity index (χ2n) is 7.14. The van der Waals surface area contributed by atoms with Gasteiger partial charge in [-0.25, -0.2) is 0 Å². The third-order valence-corrected chi connectivity index (χ3v) is 5.09. The first-order chi connectivity index (χ1) is 9.92. The first kappa shape index (κ1) is 16.3. The summed E-state index contributed by atoms with van der Waals surface area (Å²) in [5.74, 6) is 0.847.